The standard InChI is InChI=1S/C14H21NO/c1-2-3-4-10-16-14-7-5-6-12-11-15-9-8-13(12)14/h5-7,15H,2-4,8-11H2,1H3. The van der Waals surface area contributed by atoms with E-state index in [9.17, 15) is 0 Å². The number of benzene rings is 1. The van der Waals surface area contributed by atoms with Gasteiger partial charge < -0.3 is 10.1 Å². The van der Waals surface area contributed by atoms with Crippen molar-refractivity contribution < 1.29 is 4.74 Å². The van der Waals surface area contributed by atoms with E-state index in [0.717, 1.165) is 31.9 Å². The second-order valence-electron chi connectivity index (χ2n) is 4.38. The SMILES string of the molecule is CCCCCOc1cccc2c1CCNC2. The molecule has 1 heterocycles. The van der Waals surface area contributed by atoms with E-state index >= 15 is 0 Å². The van der Waals surface area contributed by atoms with E-state index in [1.54, 1.807) is 0 Å². The van der Waals surface area contributed by atoms with Crippen LogP contribution in [0.3, 0.4) is 0 Å². The molecule has 1 aliphatic heterocycles. The summed E-state index contributed by atoms with van der Waals surface area (Å²) >= 11 is 0. The number of rotatable bonds is 5. The average molecular weight is 219 g/mol. The highest BCUT2D eigenvalue weighted by Gasteiger charge is 2.12. The summed E-state index contributed by atoms with van der Waals surface area (Å²) in [5.74, 6) is 1.11. The molecular weight excluding hydrogens is 198 g/mol. The highest BCUT2D eigenvalue weighted by Crippen LogP contribution is 2.25. The number of ether oxygens (including phenoxy) is 1. The van der Waals surface area contributed by atoms with Crippen molar-refractivity contribution in [2.45, 2.75) is 39.2 Å². The molecule has 0 unspecified atom stereocenters. The lowest BCUT2D eigenvalue weighted by Gasteiger charge is -2.20. The third-order valence-corrected chi connectivity index (χ3v) is 3.10. The highest BCUT2D eigenvalue weighted by atomic mass is 16.5. The molecule has 2 nitrogen and oxygen atoms in total. The molecule has 0 saturated heterocycles. The van der Waals surface area contributed by atoms with Crippen LogP contribution < -0.4 is 10.1 Å². The summed E-state index contributed by atoms with van der Waals surface area (Å²) in [4.78, 5) is 0. The fourth-order valence-corrected chi connectivity index (χ4v) is 2.17. The first-order chi connectivity index (χ1) is 7.92. The predicted octanol–water partition coefficient (Wildman–Crippen LogP) is 2.90. The third kappa shape index (κ3) is 2.76. The molecule has 2 heteroatoms. The van der Waals surface area contributed by atoms with Gasteiger partial charge in [-0.15, -0.1) is 0 Å². The molecular formula is C14H21NO. The van der Waals surface area contributed by atoms with Gasteiger partial charge in [-0.25, -0.2) is 0 Å². The van der Waals surface area contributed by atoms with Gasteiger partial charge in [-0.3, -0.25) is 0 Å². The molecule has 1 aliphatic rings. The van der Waals surface area contributed by atoms with Crippen LogP contribution in [0.5, 0.6) is 5.75 Å². The van der Waals surface area contributed by atoms with Gasteiger partial charge in [0.25, 0.3) is 0 Å². The molecule has 0 fully saturated rings. The van der Waals surface area contributed by atoms with Crippen LogP contribution in [0.15, 0.2) is 18.2 Å². The van der Waals surface area contributed by atoms with E-state index in [2.05, 4.69) is 30.4 Å². The lowest BCUT2D eigenvalue weighted by molar-refractivity contribution is 0.302. The van der Waals surface area contributed by atoms with Gasteiger partial charge in [-0.1, -0.05) is 31.9 Å². The van der Waals surface area contributed by atoms with Crippen molar-refractivity contribution in [3.63, 3.8) is 0 Å². The van der Waals surface area contributed by atoms with Crippen LogP contribution in [0.25, 0.3) is 0 Å². The minimum absolute atomic E-state index is 0.859. The number of hydrogen-bond donors (Lipinski definition) is 1. The molecule has 0 aliphatic carbocycles. The van der Waals surface area contributed by atoms with Gasteiger partial charge in [0.05, 0.1) is 6.61 Å². The number of unbranched alkanes of at least 4 members (excludes halogenated alkanes) is 2. The summed E-state index contributed by atoms with van der Waals surface area (Å²) in [5.41, 5.74) is 2.82. The Kier molecular flexibility index (Phi) is 4.23. The van der Waals surface area contributed by atoms with E-state index in [0.29, 0.717) is 0 Å². The van der Waals surface area contributed by atoms with E-state index < -0.39 is 0 Å². The van der Waals surface area contributed by atoms with Crippen LogP contribution in [-0.4, -0.2) is 13.2 Å². The van der Waals surface area contributed by atoms with Crippen LogP contribution in [0.1, 0.15) is 37.3 Å². The van der Waals surface area contributed by atoms with Crippen LogP contribution in [0, 0.1) is 0 Å². The maximum Gasteiger partial charge on any atom is 0.122 e. The molecule has 88 valence electrons. The molecule has 0 aromatic heterocycles. The molecule has 16 heavy (non-hydrogen) atoms. The van der Waals surface area contributed by atoms with Crippen molar-refractivity contribution in [2.75, 3.05) is 13.2 Å². The van der Waals surface area contributed by atoms with E-state index in [1.165, 1.54) is 30.4 Å². The molecule has 0 atom stereocenters. The van der Waals surface area contributed by atoms with Gasteiger partial charge in [0, 0.05) is 6.54 Å². The topological polar surface area (TPSA) is 21.3 Å². The Labute approximate surface area is 98.0 Å². The lowest BCUT2D eigenvalue weighted by Crippen LogP contribution is -2.24. The normalized spacial score (nSPS) is 14.6. The maximum atomic E-state index is 5.88. The second kappa shape index (κ2) is 5.90. The number of fused-ring (bicyclic) bond motifs is 1. The first kappa shape index (κ1) is 11.5. The fraction of sp³-hybridized carbons (Fsp3) is 0.571. The summed E-state index contributed by atoms with van der Waals surface area (Å²) < 4.78 is 5.88. The Bertz CT molecular complexity index is 336. The molecule has 1 aromatic carbocycles. The molecule has 0 amide bonds. The first-order valence-corrected chi connectivity index (χ1v) is 6.36. The predicted molar refractivity (Wildman–Crippen MR) is 66.9 cm³/mol. The maximum absolute atomic E-state index is 5.88. The van der Waals surface area contributed by atoms with Gasteiger partial charge in [-0.2, -0.15) is 0 Å². The minimum Gasteiger partial charge on any atom is -0.493 e. The van der Waals surface area contributed by atoms with Crippen molar-refractivity contribution in [1.29, 1.82) is 0 Å². The zero-order valence-corrected chi connectivity index (χ0v) is 10.1. The Balaban J connectivity index is 1.97. The average Bonchev–Trinajstić information content (AvgIpc) is 2.35. The van der Waals surface area contributed by atoms with Gasteiger partial charge in [0.1, 0.15) is 5.75 Å². The summed E-state index contributed by atoms with van der Waals surface area (Å²) in [6.07, 6.45) is 4.77. The molecule has 1 aromatic rings. The van der Waals surface area contributed by atoms with Crippen molar-refractivity contribution in [3.05, 3.63) is 29.3 Å². The van der Waals surface area contributed by atoms with Gasteiger partial charge in [0.2, 0.25) is 0 Å². The van der Waals surface area contributed by atoms with E-state index in [1.807, 2.05) is 0 Å². The minimum atomic E-state index is 0.859. The molecule has 2 rings (SSSR count). The number of hydrogen-bond acceptors (Lipinski definition) is 2. The van der Waals surface area contributed by atoms with Crippen molar-refractivity contribution in [1.82, 2.24) is 5.32 Å². The Morgan fingerprint density at radius 1 is 1.31 bits per heavy atom. The quantitative estimate of drug-likeness (QED) is 0.769. The van der Waals surface area contributed by atoms with Crippen molar-refractivity contribution >= 4 is 0 Å². The lowest BCUT2D eigenvalue weighted by atomic mass is 10.0. The molecule has 0 spiro atoms. The van der Waals surface area contributed by atoms with Crippen LogP contribution in [0.4, 0.5) is 0 Å². The van der Waals surface area contributed by atoms with Gasteiger partial charge in [0.15, 0.2) is 0 Å². The fourth-order valence-electron chi connectivity index (χ4n) is 2.17. The zero-order valence-electron chi connectivity index (χ0n) is 10.1. The molecule has 0 bridgehead atoms. The summed E-state index contributed by atoms with van der Waals surface area (Å²) in [7, 11) is 0. The first-order valence-electron chi connectivity index (χ1n) is 6.36. The van der Waals surface area contributed by atoms with Crippen LogP contribution in [0.2, 0.25) is 0 Å². The third-order valence-electron chi connectivity index (χ3n) is 3.10. The van der Waals surface area contributed by atoms with Gasteiger partial charge in [-0.05, 0) is 36.6 Å². The van der Waals surface area contributed by atoms with Crippen LogP contribution in [-0.2, 0) is 13.0 Å². The van der Waals surface area contributed by atoms with E-state index in [4.69, 9.17) is 4.74 Å². The summed E-state index contributed by atoms with van der Waals surface area (Å²) in [5, 5.41) is 3.39. The molecule has 0 radical (unpaired) electrons. The Morgan fingerprint density at radius 3 is 3.12 bits per heavy atom. The zero-order chi connectivity index (χ0) is 11.2. The molecule has 0 saturated carbocycles. The highest BCUT2D eigenvalue weighted by molar-refractivity contribution is 5.41. The smallest absolute Gasteiger partial charge is 0.122 e. The van der Waals surface area contributed by atoms with E-state index in [-0.39, 0.29) is 0 Å². The van der Waals surface area contributed by atoms with Gasteiger partial charge >= 0.3 is 0 Å². The Morgan fingerprint density at radius 2 is 2.25 bits per heavy atom. The number of nitrogens with one attached hydrogen (secondary N) is 1. The summed E-state index contributed by atoms with van der Waals surface area (Å²) in [6.45, 7) is 5.14. The Hall–Kier alpha value is -1.02. The van der Waals surface area contributed by atoms with Crippen molar-refractivity contribution in [2.24, 2.45) is 0 Å². The largest absolute Gasteiger partial charge is 0.493 e. The second-order valence-corrected chi connectivity index (χ2v) is 4.38. The monoisotopic (exact) mass is 219 g/mol. The van der Waals surface area contributed by atoms with Crippen LogP contribution >= 0.6 is 0 Å². The van der Waals surface area contributed by atoms with Crippen molar-refractivity contribution in [3.8, 4) is 5.75 Å². The summed E-state index contributed by atoms with van der Waals surface area (Å²) in [6, 6.07) is 6.40. The molecule has 1 N–H and O–H groups in total.